The lowest BCUT2D eigenvalue weighted by Crippen LogP contribution is -2.34. The Balaban J connectivity index is 1.84. The SMILES string of the molecule is CC1c2ccsc2CCN1CCCC(CCN)C(C)(C)C. The second-order valence-corrected chi connectivity index (χ2v) is 8.54. The van der Waals surface area contributed by atoms with E-state index in [0.29, 0.717) is 11.5 Å². The first-order valence-electron chi connectivity index (χ1n) is 8.44. The van der Waals surface area contributed by atoms with E-state index in [1.807, 2.05) is 11.3 Å². The summed E-state index contributed by atoms with van der Waals surface area (Å²) < 4.78 is 0. The maximum absolute atomic E-state index is 5.79. The zero-order chi connectivity index (χ0) is 15.5. The molecule has 0 fully saturated rings. The van der Waals surface area contributed by atoms with Crippen molar-refractivity contribution in [2.45, 2.75) is 59.4 Å². The molecule has 0 radical (unpaired) electrons. The van der Waals surface area contributed by atoms with E-state index in [-0.39, 0.29) is 0 Å². The van der Waals surface area contributed by atoms with Gasteiger partial charge in [0.2, 0.25) is 0 Å². The van der Waals surface area contributed by atoms with Gasteiger partial charge in [-0.05, 0) is 74.0 Å². The summed E-state index contributed by atoms with van der Waals surface area (Å²) in [4.78, 5) is 4.27. The number of nitrogens with two attached hydrogens (primary N) is 1. The van der Waals surface area contributed by atoms with Gasteiger partial charge in [-0.1, -0.05) is 20.8 Å². The van der Waals surface area contributed by atoms with Crippen molar-refractivity contribution in [1.29, 1.82) is 0 Å². The van der Waals surface area contributed by atoms with Gasteiger partial charge in [-0.25, -0.2) is 0 Å². The van der Waals surface area contributed by atoms with Crippen LogP contribution in [0, 0.1) is 11.3 Å². The molecule has 2 rings (SSSR count). The number of thiophene rings is 1. The summed E-state index contributed by atoms with van der Waals surface area (Å²) in [7, 11) is 0. The van der Waals surface area contributed by atoms with Crippen LogP contribution in [0.5, 0.6) is 0 Å². The van der Waals surface area contributed by atoms with Crippen molar-refractivity contribution in [3.8, 4) is 0 Å². The van der Waals surface area contributed by atoms with Crippen LogP contribution in [0.2, 0.25) is 0 Å². The molecule has 2 N–H and O–H groups in total. The Morgan fingerprint density at radius 2 is 2.14 bits per heavy atom. The largest absolute Gasteiger partial charge is 0.330 e. The van der Waals surface area contributed by atoms with Gasteiger partial charge in [0.25, 0.3) is 0 Å². The van der Waals surface area contributed by atoms with Crippen molar-refractivity contribution >= 4 is 11.3 Å². The second-order valence-electron chi connectivity index (χ2n) is 7.54. The fourth-order valence-corrected chi connectivity index (χ4v) is 4.58. The lowest BCUT2D eigenvalue weighted by Gasteiger charge is -2.35. The summed E-state index contributed by atoms with van der Waals surface area (Å²) in [6.07, 6.45) is 5.00. The second kappa shape index (κ2) is 7.26. The van der Waals surface area contributed by atoms with Gasteiger partial charge in [0.05, 0.1) is 0 Å². The quantitative estimate of drug-likeness (QED) is 0.840. The molecule has 0 spiro atoms. The third kappa shape index (κ3) is 4.30. The van der Waals surface area contributed by atoms with Gasteiger partial charge in [0.15, 0.2) is 0 Å². The summed E-state index contributed by atoms with van der Waals surface area (Å²) in [5.41, 5.74) is 7.75. The molecular weight excluding hydrogens is 276 g/mol. The number of hydrogen-bond acceptors (Lipinski definition) is 3. The van der Waals surface area contributed by atoms with Gasteiger partial charge < -0.3 is 5.73 Å². The van der Waals surface area contributed by atoms with E-state index in [4.69, 9.17) is 5.73 Å². The van der Waals surface area contributed by atoms with Crippen LogP contribution in [0.15, 0.2) is 11.4 Å². The summed E-state index contributed by atoms with van der Waals surface area (Å²) in [5.74, 6) is 0.749. The Hall–Kier alpha value is -0.380. The Morgan fingerprint density at radius 3 is 2.81 bits per heavy atom. The van der Waals surface area contributed by atoms with Crippen LogP contribution in [0.25, 0.3) is 0 Å². The number of hydrogen-bond donors (Lipinski definition) is 1. The monoisotopic (exact) mass is 308 g/mol. The van der Waals surface area contributed by atoms with Crippen LogP contribution in [0.4, 0.5) is 0 Å². The van der Waals surface area contributed by atoms with Gasteiger partial charge in [-0.3, -0.25) is 4.90 Å². The third-order valence-electron chi connectivity index (χ3n) is 5.14. The molecule has 2 heterocycles. The minimum atomic E-state index is 0.382. The predicted molar refractivity (Wildman–Crippen MR) is 93.9 cm³/mol. The van der Waals surface area contributed by atoms with Crippen LogP contribution < -0.4 is 5.73 Å². The minimum absolute atomic E-state index is 0.382. The molecule has 0 aliphatic carbocycles. The average Bonchev–Trinajstić information content (AvgIpc) is 2.88. The molecular formula is C18H32N2S. The van der Waals surface area contributed by atoms with E-state index in [2.05, 4.69) is 44.0 Å². The standard InChI is InChI=1S/C18H32N2S/c1-14-16-9-13-21-17(16)8-12-20(14)11-5-6-15(7-10-19)18(2,3)4/h9,13-15H,5-8,10-12,19H2,1-4H3. The lowest BCUT2D eigenvalue weighted by atomic mass is 9.76. The highest BCUT2D eigenvalue weighted by Gasteiger charge is 2.26. The Bertz CT molecular complexity index is 433. The van der Waals surface area contributed by atoms with Crippen molar-refractivity contribution in [2.75, 3.05) is 19.6 Å². The number of fused-ring (bicyclic) bond motifs is 1. The van der Waals surface area contributed by atoms with Gasteiger partial charge in [0, 0.05) is 17.5 Å². The van der Waals surface area contributed by atoms with Gasteiger partial charge >= 0.3 is 0 Å². The third-order valence-corrected chi connectivity index (χ3v) is 6.14. The molecule has 0 aromatic carbocycles. The molecule has 0 saturated heterocycles. The fraction of sp³-hybridized carbons (Fsp3) is 0.778. The molecule has 1 aromatic rings. The molecule has 2 unspecified atom stereocenters. The van der Waals surface area contributed by atoms with Crippen molar-refractivity contribution in [3.05, 3.63) is 21.9 Å². The van der Waals surface area contributed by atoms with Crippen molar-refractivity contribution < 1.29 is 0 Å². The molecule has 2 atom stereocenters. The zero-order valence-electron chi connectivity index (χ0n) is 14.2. The van der Waals surface area contributed by atoms with Gasteiger partial charge in [-0.15, -0.1) is 11.3 Å². The average molecular weight is 309 g/mol. The van der Waals surface area contributed by atoms with E-state index in [9.17, 15) is 0 Å². The molecule has 1 aliphatic rings. The maximum atomic E-state index is 5.79. The fourth-order valence-electron chi connectivity index (χ4n) is 3.62. The highest BCUT2D eigenvalue weighted by molar-refractivity contribution is 7.10. The van der Waals surface area contributed by atoms with Crippen LogP contribution in [-0.4, -0.2) is 24.5 Å². The van der Waals surface area contributed by atoms with Crippen LogP contribution >= 0.6 is 11.3 Å². The molecule has 2 nitrogen and oxygen atoms in total. The first-order valence-corrected chi connectivity index (χ1v) is 9.32. The van der Waals surface area contributed by atoms with E-state index in [1.165, 1.54) is 32.4 Å². The first-order chi connectivity index (χ1) is 9.93. The van der Waals surface area contributed by atoms with Crippen LogP contribution in [0.3, 0.4) is 0 Å². The number of rotatable bonds is 6. The number of nitrogens with zero attached hydrogens (tertiary/aromatic N) is 1. The highest BCUT2D eigenvalue weighted by Crippen LogP contribution is 2.35. The van der Waals surface area contributed by atoms with Crippen LogP contribution in [-0.2, 0) is 6.42 Å². The lowest BCUT2D eigenvalue weighted by molar-refractivity contribution is 0.168. The Kier molecular flexibility index (Phi) is 5.87. The van der Waals surface area contributed by atoms with Gasteiger partial charge in [0.1, 0.15) is 0 Å². The minimum Gasteiger partial charge on any atom is -0.330 e. The summed E-state index contributed by atoms with van der Waals surface area (Å²) >= 11 is 1.93. The summed E-state index contributed by atoms with van der Waals surface area (Å²) in [6.45, 7) is 12.7. The van der Waals surface area contributed by atoms with Gasteiger partial charge in [-0.2, -0.15) is 0 Å². The summed E-state index contributed by atoms with van der Waals surface area (Å²) in [6, 6.07) is 2.92. The molecule has 0 bridgehead atoms. The summed E-state index contributed by atoms with van der Waals surface area (Å²) in [5, 5.41) is 2.25. The predicted octanol–water partition coefficient (Wildman–Crippen LogP) is 4.46. The molecule has 21 heavy (non-hydrogen) atoms. The van der Waals surface area contributed by atoms with E-state index in [0.717, 1.165) is 18.9 Å². The smallest absolute Gasteiger partial charge is 0.0331 e. The first kappa shape index (κ1) is 17.0. The van der Waals surface area contributed by atoms with Crippen LogP contribution in [0.1, 0.15) is 63.4 Å². The molecule has 1 aliphatic heterocycles. The van der Waals surface area contributed by atoms with E-state index < -0.39 is 0 Å². The normalized spacial score (nSPS) is 21.3. The maximum Gasteiger partial charge on any atom is 0.0331 e. The highest BCUT2D eigenvalue weighted by atomic mass is 32.1. The molecule has 1 aromatic heterocycles. The topological polar surface area (TPSA) is 29.3 Å². The van der Waals surface area contributed by atoms with Crippen molar-refractivity contribution in [3.63, 3.8) is 0 Å². The Labute approximate surface area is 134 Å². The van der Waals surface area contributed by atoms with Crippen molar-refractivity contribution in [1.82, 2.24) is 4.90 Å². The Morgan fingerprint density at radius 1 is 1.38 bits per heavy atom. The molecule has 0 saturated carbocycles. The van der Waals surface area contributed by atoms with E-state index in [1.54, 1.807) is 10.4 Å². The van der Waals surface area contributed by atoms with Crippen molar-refractivity contribution in [2.24, 2.45) is 17.1 Å². The molecule has 3 heteroatoms. The molecule has 0 amide bonds. The zero-order valence-corrected chi connectivity index (χ0v) is 15.0. The molecule has 120 valence electrons. The van der Waals surface area contributed by atoms with E-state index >= 15 is 0 Å².